The third-order valence-electron chi connectivity index (χ3n) is 4.71. The molecule has 0 saturated carbocycles. The highest BCUT2D eigenvalue weighted by Gasteiger charge is 2.53. The monoisotopic (exact) mass is 376 g/mol. The molecule has 1 aliphatic rings. The van der Waals surface area contributed by atoms with E-state index in [0.717, 1.165) is 4.90 Å². The summed E-state index contributed by atoms with van der Waals surface area (Å²) in [5.41, 5.74) is -0.789. The molecule has 27 heavy (non-hydrogen) atoms. The molecular formula is C19H24N2O6. The lowest BCUT2D eigenvalue weighted by molar-refractivity contribution is -0.148. The Hall–Kier alpha value is -2.90. The third-order valence-corrected chi connectivity index (χ3v) is 4.71. The molecule has 1 aromatic carbocycles. The van der Waals surface area contributed by atoms with Gasteiger partial charge in [-0.25, -0.2) is 0 Å². The smallest absolute Gasteiger partial charge is 0.325 e. The highest BCUT2D eigenvalue weighted by atomic mass is 16.5. The van der Waals surface area contributed by atoms with Crippen LogP contribution in [0, 0.1) is 0 Å². The third kappa shape index (κ3) is 4.10. The maximum Gasteiger partial charge on any atom is 0.325 e. The molecule has 0 aromatic heterocycles. The van der Waals surface area contributed by atoms with Crippen LogP contribution in [0.1, 0.15) is 25.3 Å². The fraction of sp³-hybridized carbons (Fsp3) is 0.474. The second kappa shape index (κ2) is 8.20. The van der Waals surface area contributed by atoms with Gasteiger partial charge < -0.3 is 14.4 Å². The van der Waals surface area contributed by atoms with E-state index in [4.69, 9.17) is 9.47 Å². The van der Waals surface area contributed by atoms with E-state index in [1.807, 2.05) is 0 Å². The van der Waals surface area contributed by atoms with Crippen LogP contribution in [0.4, 0.5) is 0 Å². The molecule has 146 valence electrons. The summed E-state index contributed by atoms with van der Waals surface area (Å²) in [4.78, 5) is 51.8. The van der Waals surface area contributed by atoms with E-state index >= 15 is 0 Å². The number of carbonyl (C=O) groups excluding carboxylic acids is 4. The second-order valence-electron chi connectivity index (χ2n) is 6.48. The molecule has 0 bridgehead atoms. The fourth-order valence-corrected chi connectivity index (χ4v) is 3.15. The number of imide groups is 1. The van der Waals surface area contributed by atoms with E-state index in [0.29, 0.717) is 11.3 Å². The average molecular weight is 376 g/mol. The van der Waals surface area contributed by atoms with Gasteiger partial charge in [-0.15, -0.1) is 0 Å². The molecule has 3 amide bonds. The van der Waals surface area contributed by atoms with E-state index in [-0.39, 0.29) is 31.9 Å². The number of rotatable bonds is 7. The molecule has 0 radical (unpaired) electrons. The van der Waals surface area contributed by atoms with E-state index in [9.17, 15) is 19.2 Å². The van der Waals surface area contributed by atoms with Crippen molar-refractivity contribution in [2.24, 2.45) is 0 Å². The highest BCUT2D eigenvalue weighted by Crippen LogP contribution is 2.40. The lowest BCUT2D eigenvalue weighted by atomic mass is 9.75. The van der Waals surface area contributed by atoms with Crippen molar-refractivity contribution < 1.29 is 28.7 Å². The number of amides is 3. The fourth-order valence-electron chi connectivity index (χ4n) is 3.15. The number of methoxy groups -OCH3 is 1. The summed E-state index contributed by atoms with van der Waals surface area (Å²) in [6.07, 6.45) is -0.348. The maximum atomic E-state index is 12.9. The number of benzene rings is 1. The first-order chi connectivity index (χ1) is 12.7. The van der Waals surface area contributed by atoms with Crippen molar-refractivity contribution in [3.05, 3.63) is 29.8 Å². The van der Waals surface area contributed by atoms with E-state index < -0.39 is 23.2 Å². The van der Waals surface area contributed by atoms with Crippen LogP contribution in [-0.2, 0) is 29.3 Å². The summed E-state index contributed by atoms with van der Waals surface area (Å²) >= 11 is 0. The Morgan fingerprint density at radius 3 is 2.56 bits per heavy atom. The van der Waals surface area contributed by atoms with Gasteiger partial charge in [0.05, 0.1) is 19.1 Å². The minimum Gasteiger partial charge on any atom is -0.497 e. The summed E-state index contributed by atoms with van der Waals surface area (Å²) in [6.45, 7) is 1.67. The number of hydrogen-bond donors (Lipinski definition) is 0. The van der Waals surface area contributed by atoms with Crippen LogP contribution in [0.3, 0.4) is 0 Å². The lowest BCUT2D eigenvalue weighted by Crippen LogP contribution is -2.43. The molecule has 1 aliphatic heterocycles. The Morgan fingerprint density at radius 1 is 1.30 bits per heavy atom. The lowest BCUT2D eigenvalue weighted by Gasteiger charge is -2.28. The summed E-state index contributed by atoms with van der Waals surface area (Å²) in [5.74, 6) is -1.24. The molecule has 2 rings (SSSR count). The van der Waals surface area contributed by atoms with Crippen LogP contribution >= 0.6 is 0 Å². The molecule has 0 aliphatic carbocycles. The Labute approximate surface area is 158 Å². The van der Waals surface area contributed by atoms with E-state index in [1.54, 1.807) is 31.2 Å². The minimum atomic E-state index is -1.32. The van der Waals surface area contributed by atoms with Gasteiger partial charge in [0, 0.05) is 26.9 Å². The maximum absolute atomic E-state index is 12.9. The molecule has 1 saturated heterocycles. The predicted octanol–water partition coefficient (Wildman–Crippen LogP) is 0.733. The molecule has 1 heterocycles. The van der Waals surface area contributed by atoms with Crippen molar-refractivity contribution in [2.75, 3.05) is 34.4 Å². The Bertz CT molecular complexity index is 762. The molecule has 1 aromatic rings. The Balaban J connectivity index is 2.34. The topological polar surface area (TPSA) is 93.2 Å². The normalized spacial score (nSPS) is 19.2. The van der Waals surface area contributed by atoms with Gasteiger partial charge in [0.25, 0.3) is 0 Å². The molecular weight excluding hydrogens is 352 g/mol. The first kappa shape index (κ1) is 20.4. The quantitative estimate of drug-likeness (QED) is 0.515. The first-order valence-corrected chi connectivity index (χ1v) is 8.60. The highest BCUT2D eigenvalue weighted by molar-refractivity contribution is 6.10. The van der Waals surface area contributed by atoms with Crippen LogP contribution in [0.2, 0.25) is 0 Å². The Morgan fingerprint density at radius 2 is 2.00 bits per heavy atom. The molecule has 0 N–H and O–H groups in total. The molecule has 8 heteroatoms. The van der Waals surface area contributed by atoms with Gasteiger partial charge in [0.15, 0.2) is 0 Å². The zero-order valence-electron chi connectivity index (χ0n) is 16.0. The SMILES string of the molecule is CCOC(=O)CN(C)C(=O)C[C@@]1(c2cccc(OC)c2)CC(=O)N(C)C1=O. The van der Waals surface area contributed by atoms with Crippen LogP contribution in [0.5, 0.6) is 5.75 Å². The Kier molecular flexibility index (Phi) is 6.20. The van der Waals surface area contributed by atoms with Crippen LogP contribution in [-0.4, -0.2) is 67.8 Å². The van der Waals surface area contributed by atoms with Crippen LogP contribution in [0.15, 0.2) is 24.3 Å². The summed E-state index contributed by atoms with van der Waals surface area (Å²) in [6, 6.07) is 6.78. The number of carbonyl (C=O) groups is 4. The average Bonchev–Trinajstić information content (AvgIpc) is 2.86. The van der Waals surface area contributed by atoms with Crippen LogP contribution in [0.25, 0.3) is 0 Å². The number of esters is 1. The molecule has 8 nitrogen and oxygen atoms in total. The predicted molar refractivity (Wildman–Crippen MR) is 96.0 cm³/mol. The number of likely N-dealkylation sites (N-methyl/N-ethyl adjacent to an activating group) is 2. The minimum absolute atomic E-state index is 0.117. The van der Waals surface area contributed by atoms with Crippen molar-refractivity contribution >= 4 is 23.7 Å². The van der Waals surface area contributed by atoms with Crippen molar-refractivity contribution in [3.63, 3.8) is 0 Å². The molecule has 1 atom stereocenters. The van der Waals surface area contributed by atoms with Gasteiger partial charge in [-0.05, 0) is 24.6 Å². The van der Waals surface area contributed by atoms with Gasteiger partial charge in [-0.2, -0.15) is 0 Å². The zero-order valence-corrected chi connectivity index (χ0v) is 16.0. The molecule has 0 spiro atoms. The van der Waals surface area contributed by atoms with Crippen molar-refractivity contribution in [1.29, 1.82) is 0 Å². The second-order valence-corrected chi connectivity index (χ2v) is 6.48. The van der Waals surface area contributed by atoms with Crippen molar-refractivity contribution in [2.45, 2.75) is 25.2 Å². The number of likely N-dealkylation sites (tertiary alicyclic amines) is 1. The number of ether oxygens (including phenoxy) is 2. The van der Waals surface area contributed by atoms with Gasteiger partial charge in [0.2, 0.25) is 17.7 Å². The van der Waals surface area contributed by atoms with Gasteiger partial charge in [-0.1, -0.05) is 12.1 Å². The number of nitrogens with zero attached hydrogens (tertiary/aromatic N) is 2. The summed E-state index contributed by atoms with van der Waals surface area (Å²) in [7, 11) is 4.36. The van der Waals surface area contributed by atoms with Gasteiger partial charge >= 0.3 is 5.97 Å². The number of hydrogen-bond acceptors (Lipinski definition) is 6. The molecule has 0 unspecified atom stereocenters. The summed E-state index contributed by atoms with van der Waals surface area (Å²) in [5, 5.41) is 0. The van der Waals surface area contributed by atoms with Gasteiger partial charge in [0.1, 0.15) is 12.3 Å². The van der Waals surface area contributed by atoms with Crippen molar-refractivity contribution in [3.8, 4) is 5.75 Å². The van der Waals surface area contributed by atoms with E-state index in [2.05, 4.69) is 0 Å². The zero-order chi connectivity index (χ0) is 20.2. The van der Waals surface area contributed by atoms with Gasteiger partial charge in [-0.3, -0.25) is 24.1 Å². The van der Waals surface area contributed by atoms with E-state index in [1.165, 1.54) is 26.1 Å². The largest absolute Gasteiger partial charge is 0.497 e. The van der Waals surface area contributed by atoms with Crippen molar-refractivity contribution in [1.82, 2.24) is 9.80 Å². The molecule has 1 fully saturated rings. The standard InChI is InChI=1S/C19H24N2O6/c1-5-27-17(24)12-20(2)15(22)10-19(11-16(23)21(3)18(19)25)13-7-6-8-14(9-13)26-4/h6-9H,5,10-12H2,1-4H3/t19-/m0/s1. The first-order valence-electron chi connectivity index (χ1n) is 8.60. The van der Waals surface area contributed by atoms with Crippen LogP contribution < -0.4 is 4.74 Å². The summed E-state index contributed by atoms with van der Waals surface area (Å²) < 4.78 is 10.1.